The molecule has 4 aromatic rings. The molecule has 0 aliphatic carbocycles. The number of ketones is 1. The summed E-state index contributed by atoms with van der Waals surface area (Å²) in [6, 6.07) is 9.18. The number of phenolic OH excluding ortho intramolecular Hbond substituents is 1. The molecule has 2 N–H and O–H groups in total. The lowest BCUT2D eigenvalue weighted by molar-refractivity contribution is 0.103. The number of fused-ring (bicyclic) bond motifs is 1. The summed E-state index contributed by atoms with van der Waals surface area (Å²) >= 11 is 1.57. The van der Waals surface area contributed by atoms with Crippen LogP contribution in [0.2, 0.25) is 0 Å². The number of aromatic hydroxyl groups is 1. The molecule has 118 valence electrons. The molecule has 0 spiro atoms. The highest BCUT2D eigenvalue weighted by Gasteiger charge is 2.19. The zero-order chi connectivity index (χ0) is 16.7. The van der Waals surface area contributed by atoms with Gasteiger partial charge in [0.1, 0.15) is 17.2 Å². The van der Waals surface area contributed by atoms with Crippen LogP contribution >= 0.6 is 11.3 Å². The van der Waals surface area contributed by atoms with Crippen molar-refractivity contribution in [2.45, 2.75) is 0 Å². The number of carbonyl (C=O) groups excluding carboxylic acids is 1. The first-order valence-electron chi connectivity index (χ1n) is 7.18. The van der Waals surface area contributed by atoms with Gasteiger partial charge < -0.3 is 10.1 Å². The van der Waals surface area contributed by atoms with Crippen molar-refractivity contribution >= 4 is 28.2 Å². The molecule has 0 radical (unpaired) electrons. The average molecular weight is 338 g/mol. The summed E-state index contributed by atoms with van der Waals surface area (Å²) in [6.07, 6.45) is 3.25. The van der Waals surface area contributed by atoms with Gasteiger partial charge >= 0.3 is 0 Å². The zero-order valence-electron chi connectivity index (χ0n) is 12.3. The number of aromatic nitrogens is 2. The lowest BCUT2D eigenvalue weighted by Crippen LogP contribution is -2.03. The van der Waals surface area contributed by atoms with E-state index in [-0.39, 0.29) is 11.3 Å². The van der Waals surface area contributed by atoms with Gasteiger partial charge in [0.25, 0.3) is 0 Å². The van der Waals surface area contributed by atoms with Crippen molar-refractivity contribution in [3.05, 3.63) is 71.1 Å². The van der Waals surface area contributed by atoms with Gasteiger partial charge in [-0.15, -0.1) is 11.3 Å². The Labute approximate surface area is 140 Å². The number of H-pyrrole nitrogens is 1. The van der Waals surface area contributed by atoms with Crippen LogP contribution in [0.25, 0.3) is 21.5 Å². The number of nitrogens with one attached hydrogen (secondary N) is 1. The predicted molar refractivity (Wildman–Crippen MR) is 90.9 cm³/mol. The maximum atomic E-state index is 14.0. The lowest BCUT2D eigenvalue weighted by atomic mass is 10.0. The second kappa shape index (κ2) is 5.58. The van der Waals surface area contributed by atoms with Gasteiger partial charge in [-0.25, -0.2) is 9.37 Å². The van der Waals surface area contributed by atoms with E-state index in [0.717, 1.165) is 22.6 Å². The first-order chi connectivity index (χ1) is 11.6. The van der Waals surface area contributed by atoms with E-state index in [1.165, 1.54) is 12.3 Å². The summed E-state index contributed by atoms with van der Waals surface area (Å²) in [6.45, 7) is 0. The highest BCUT2D eigenvalue weighted by Crippen LogP contribution is 2.29. The molecule has 1 aromatic carbocycles. The monoisotopic (exact) mass is 338 g/mol. The minimum Gasteiger partial charge on any atom is -0.508 e. The van der Waals surface area contributed by atoms with Gasteiger partial charge in [0, 0.05) is 33.8 Å². The van der Waals surface area contributed by atoms with Gasteiger partial charge in [-0.05, 0) is 35.7 Å². The van der Waals surface area contributed by atoms with E-state index >= 15 is 0 Å². The number of hydrogen-bond acceptors (Lipinski definition) is 4. The van der Waals surface area contributed by atoms with Crippen LogP contribution in [0.3, 0.4) is 0 Å². The van der Waals surface area contributed by atoms with Gasteiger partial charge in [-0.1, -0.05) is 6.07 Å². The molecule has 3 aromatic heterocycles. The van der Waals surface area contributed by atoms with Crippen LogP contribution in [0.15, 0.2) is 54.2 Å². The molecule has 0 atom stereocenters. The van der Waals surface area contributed by atoms with Crippen LogP contribution in [0.1, 0.15) is 15.9 Å². The van der Waals surface area contributed by atoms with E-state index < -0.39 is 11.6 Å². The number of carbonyl (C=O) groups is 1. The summed E-state index contributed by atoms with van der Waals surface area (Å²) in [5, 5.41) is 12.1. The predicted octanol–water partition coefficient (Wildman–Crippen LogP) is 4.37. The molecule has 0 unspecified atom stereocenters. The number of aromatic amines is 1. The van der Waals surface area contributed by atoms with Gasteiger partial charge in [-0.3, -0.25) is 4.79 Å². The minimum atomic E-state index is -0.672. The molecule has 0 saturated heterocycles. The molecule has 0 bridgehead atoms. The summed E-state index contributed by atoms with van der Waals surface area (Å²) in [7, 11) is 0. The minimum absolute atomic E-state index is 0.156. The third-order valence-corrected chi connectivity index (χ3v) is 4.69. The normalized spacial score (nSPS) is 11.0. The van der Waals surface area contributed by atoms with Gasteiger partial charge in [0.15, 0.2) is 5.78 Å². The van der Waals surface area contributed by atoms with Crippen molar-refractivity contribution in [3.63, 3.8) is 0 Å². The Balaban J connectivity index is 1.86. The van der Waals surface area contributed by atoms with E-state index in [9.17, 15) is 14.3 Å². The van der Waals surface area contributed by atoms with E-state index in [2.05, 4.69) is 9.97 Å². The van der Waals surface area contributed by atoms with Gasteiger partial charge in [0.2, 0.25) is 0 Å². The fraction of sp³-hybridized carbons (Fsp3) is 0. The van der Waals surface area contributed by atoms with Crippen LogP contribution < -0.4 is 0 Å². The number of thiophene rings is 1. The topological polar surface area (TPSA) is 66.0 Å². The number of halogens is 1. The Kier molecular flexibility index (Phi) is 3.39. The lowest BCUT2D eigenvalue weighted by Gasteiger charge is -2.03. The standard InChI is InChI=1S/C18H11FN2O2S/c19-15-4-3-11(22)7-13(15)17(23)14-9-21-18-12(14)6-10(8-20-18)16-2-1-5-24-16/h1-9,22H,(H,20,21). The molecular weight excluding hydrogens is 327 g/mol. The smallest absolute Gasteiger partial charge is 0.198 e. The Morgan fingerprint density at radius 3 is 2.88 bits per heavy atom. The second-order valence-electron chi connectivity index (χ2n) is 5.29. The van der Waals surface area contributed by atoms with Crippen LogP contribution in [-0.4, -0.2) is 20.9 Å². The van der Waals surface area contributed by atoms with E-state index in [0.29, 0.717) is 16.6 Å². The molecule has 24 heavy (non-hydrogen) atoms. The zero-order valence-corrected chi connectivity index (χ0v) is 13.1. The number of benzene rings is 1. The Bertz CT molecular complexity index is 1050. The van der Waals surface area contributed by atoms with Crippen LogP contribution in [0, 0.1) is 5.82 Å². The summed E-state index contributed by atoms with van der Waals surface area (Å²) in [4.78, 5) is 21.0. The molecular formula is C18H11FN2O2S. The number of phenols is 1. The Morgan fingerprint density at radius 2 is 2.08 bits per heavy atom. The van der Waals surface area contributed by atoms with Crippen LogP contribution in [-0.2, 0) is 0 Å². The van der Waals surface area contributed by atoms with E-state index in [1.54, 1.807) is 17.5 Å². The molecule has 0 fully saturated rings. The number of rotatable bonds is 3. The summed E-state index contributed by atoms with van der Waals surface area (Å²) < 4.78 is 14.0. The van der Waals surface area contributed by atoms with Crippen molar-refractivity contribution in [2.75, 3.05) is 0 Å². The quantitative estimate of drug-likeness (QED) is 0.545. The van der Waals surface area contributed by atoms with E-state index in [4.69, 9.17) is 0 Å². The molecule has 3 heterocycles. The van der Waals surface area contributed by atoms with E-state index in [1.807, 2.05) is 23.6 Å². The molecule has 0 saturated carbocycles. The Morgan fingerprint density at radius 1 is 1.21 bits per heavy atom. The van der Waals surface area contributed by atoms with Crippen molar-refractivity contribution in [3.8, 4) is 16.2 Å². The third kappa shape index (κ3) is 2.37. The summed E-state index contributed by atoms with van der Waals surface area (Å²) in [5.41, 5.74) is 1.60. The first kappa shape index (κ1) is 14.6. The maximum Gasteiger partial charge on any atom is 0.198 e. The number of nitrogens with zero attached hydrogens (tertiary/aromatic N) is 1. The molecule has 4 rings (SSSR count). The van der Waals surface area contributed by atoms with Crippen molar-refractivity contribution in [1.82, 2.24) is 9.97 Å². The molecule has 0 aliphatic heterocycles. The van der Waals surface area contributed by atoms with Gasteiger partial charge in [-0.2, -0.15) is 0 Å². The van der Waals surface area contributed by atoms with Crippen LogP contribution in [0.4, 0.5) is 4.39 Å². The molecule has 4 nitrogen and oxygen atoms in total. The number of pyridine rings is 1. The second-order valence-corrected chi connectivity index (χ2v) is 6.24. The van der Waals surface area contributed by atoms with Crippen molar-refractivity contribution < 1.29 is 14.3 Å². The molecule has 6 heteroatoms. The van der Waals surface area contributed by atoms with Gasteiger partial charge in [0.05, 0.1) is 5.56 Å². The SMILES string of the molecule is O=C(c1cc(O)ccc1F)c1c[nH]c2ncc(-c3cccs3)cc12. The Hall–Kier alpha value is -2.99. The summed E-state index contributed by atoms with van der Waals surface area (Å²) in [5.74, 6) is -1.33. The fourth-order valence-corrected chi connectivity index (χ4v) is 3.31. The van der Waals surface area contributed by atoms with Crippen LogP contribution in [0.5, 0.6) is 5.75 Å². The third-order valence-electron chi connectivity index (χ3n) is 3.78. The van der Waals surface area contributed by atoms with Crippen molar-refractivity contribution in [2.24, 2.45) is 0 Å². The molecule has 0 amide bonds. The highest BCUT2D eigenvalue weighted by atomic mass is 32.1. The molecule has 0 aliphatic rings. The fourth-order valence-electron chi connectivity index (χ4n) is 2.60. The first-order valence-corrected chi connectivity index (χ1v) is 8.05. The largest absolute Gasteiger partial charge is 0.508 e. The average Bonchev–Trinajstić information content (AvgIpc) is 3.25. The number of hydrogen-bond donors (Lipinski definition) is 2. The maximum absolute atomic E-state index is 14.0. The van der Waals surface area contributed by atoms with Crippen molar-refractivity contribution in [1.29, 1.82) is 0 Å². The highest BCUT2D eigenvalue weighted by molar-refractivity contribution is 7.13.